The molecule has 0 aromatic carbocycles. The van der Waals surface area contributed by atoms with Crippen LogP contribution in [0.3, 0.4) is 0 Å². The first-order valence-corrected chi connectivity index (χ1v) is 6.34. The Hall–Kier alpha value is -0.960. The number of esters is 1. The van der Waals surface area contributed by atoms with Gasteiger partial charge in [-0.15, -0.1) is 0 Å². The van der Waals surface area contributed by atoms with Crippen LogP contribution in [0.4, 0.5) is 0 Å². The zero-order valence-electron chi connectivity index (χ0n) is 11.4. The molecule has 0 unspecified atom stereocenters. The maximum atomic E-state index is 10.8. The third kappa shape index (κ3) is 15.0. The van der Waals surface area contributed by atoms with Gasteiger partial charge in [-0.3, -0.25) is 4.18 Å². The Labute approximate surface area is 109 Å². The van der Waals surface area contributed by atoms with Gasteiger partial charge in [0.2, 0.25) is 0 Å². The summed E-state index contributed by atoms with van der Waals surface area (Å²) in [7, 11) is 3.02. The average molecular weight is 283 g/mol. The molecule has 0 aliphatic carbocycles. The number of hydrogen-bond acceptors (Lipinski definition) is 7. The van der Waals surface area contributed by atoms with E-state index in [-0.39, 0.29) is 18.8 Å². The molecule has 0 aromatic heterocycles. The van der Waals surface area contributed by atoms with E-state index in [9.17, 15) is 13.2 Å². The molecule has 8 heteroatoms. The van der Waals surface area contributed by atoms with Crippen molar-refractivity contribution in [2.24, 2.45) is 0 Å². The minimum atomic E-state index is -3.95. The summed E-state index contributed by atoms with van der Waals surface area (Å²) in [6.45, 7) is 4.37. The lowest BCUT2D eigenvalue weighted by Crippen LogP contribution is -2.15. The van der Waals surface area contributed by atoms with Gasteiger partial charge >= 0.3 is 16.4 Å². The number of rotatable bonds is 6. The van der Waals surface area contributed by atoms with Gasteiger partial charge in [-0.1, -0.05) is 6.58 Å². The summed E-state index contributed by atoms with van der Waals surface area (Å²) in [5, 5.41) is 0. The zero-order chi connectivity index (χ0) is 14.8. The standard InChI is InChI=1S/C7H12O6S.C3H9N/c1-6(2)7(8)12-4-5-13-14(9,10)11-3;1-4(2)3/h1,4-5H2,2-3H3;1-3H3. The molecule has 0 aliphatic rings. The molecule has 0 saturated carbocycles. The van der Waals surface area contributed by atoms with E-state index in [0.717, 1.165) is 7.11 Å². The molecule has 108 valence electrons. The fourth-order valence-corrected chi connectivity index (χ4v) is 0.810. The third-order valence-electron chi connectivity index (χ3n) is 1.10. The number of carbonyl (C=O) groups excluding carboxylic acids is 1. The van der Waals surface area contributed by atoms with Crippen LogP contribution in [-0.4, -0.2) is 60.8 Å². The van der Waals surface area contributed by atoms with Crippen LogP contribution in [0.15, 0.2) is 12.2 Å². The highest BCUT2D eigenvalue weighted by molar-refractivity contribution is 7.81. The molecule has 0 spiro atoms. The molecule has 0 aliphatic heterocycles. The summed E-state index contributed by atoms with van der Waals surface area (Å²) in [4.78, 5) is 12.8. The minimum absolute atomic E-state index is 0.172. The summed E-state index contributed by atoms with van der Waals surface area (Å²) >= 11 is 0. The third-order valence-corrected chi connectivity index (χ3v) is 1.96. The molecule has 0 radical (unpaired) electrons. The molecular weight excluding hydrogens is 262 g/mol. The number of hydrogen-bond donors (Lipinski definition) is 0. The number of carbonyl (C=O) groups is 1. The second-order valence-electron chi connectivity index (χ2n) is 3.65. The maximum absolute atomic E-state index is 10.8. The van der Waals surface area contributed by atoms with Crippen molar-refractivity contribution < 1.29 is 26.3 Å². The molecule has 0 saturated heterocycles. The minimum Gasteiger partial charge on any atom is -0.460 e. The van der Waals surface area contributed by atoms with E-state index in [2.05, 4.69) is 19.7 Å². The Morgan fingerprint density at radius 1 is 1.22 bits per heavy atom. The molecule has 0 heterocycles. The Balaban J connectivity index is 0. The lowest BCUT2D eigenvalue weighted by atomic mass is 10.4. The fourth-order valence-electron chi connectivity index (χ4n) is 0.442. The second kappa shape index (κ2) is 10.0. The van der Waals surface area contributed by atoms with E-state index in [0.29, 0.717) is 0 Å². The second-order valence-corrected chi connectivity index (χ2v) is 5.04. The van der Waals surface area contributed by atoms with Crippen LogP contribution in [0.5, 0.6) is 0 Å². The lowest BCUT2D eigenvalue weighted by Gasteiger charge is -2.04. The van der Waals surface area contributed by atoms with E-state index < -0.39 is 16.4 Å². The molecule has 7 nitrogen and oxygen atoms in total. The largest absolute Gasteiger partial charge is 0.460 e. The van der Waals surface area contributed by atoms with Crippen molar-refractivity contribution in [3.63, 3.8) is 0 Å². The molecule has 0 atom stereocenters. The van der Waals surface area contributed by atoms with Gasteiger partial charge in [0.15, 0.2) is 0 Å². The predicted octanol–water partition coefficient (Wildman–Crippen LogP) is 0.191. The summed E-state index contributed by atoms with van der Waals surface area (Å²) in [5.41, 5.74) is 0.236. The molecular formula is C10H21NO6S. The molecule has 0 amide bonds. The Morgan fingerprint density at radius 3 is 2.00 bits per heavy atom. The van der Waals surface area contributed by atoms with Gasteiger partial charge in [-0.05, 0) is 28.1 Å². The van der Waals surface area contributed by atoms with Crippen molar-refractivity contribution in [2.45, 2.75) is 6.92 Å². The van der Waals surface area contributed by atoms with Crippen LogP contribution in [-0.2, 0) is 28.3 Å². The van der Waals surface area contributed by atoms with Crippen LogP contribution in [0.2, 0.25) is 0 Å². The molecule has 0 fully saturated rings. The molecule has 0 bridgehead atoms. The fraction of sp³-hybridized carbons (Fsp3) is 0.700. The number of nitrogens with zero attached hydrogens (tertiary/aromatic N) is 1. The van der Waals surface area contributed by atoms with Gasteiger partial charge in [0.05, 0.1) is 7.11 Å². The van der Waals surface area contributed by atoms with Gasteiger partial charge in [0.1, 0.15) is 13.2 Å². The highest BCUT2D eigenvalue weighted by Crippen LogP contribution is 1.95. The molecule has 0 N–H and O–H groups in total. The van der Waals surface area contributed by atoms with Gasteiger partial charge < -0.3 is 9.64 Å². The zero-order valence-corrected chi connectivity index (χ0v) is 12.2. The van der Waals surface area contributed by atoms with Crippen molar-refractivity contribution in [1.82, 2.24) is 4.90 Å². The Morgan fingerprint density at radius 2 is 1.67 bits per heavy atom. The summed E-state index contributed by atoms with van der Waals surface area (Å²) in [6.07, 6.45) is 0. The summed E-state index contributed by atoms with van der Waals surface area (Å²) in [6, 6.07) is 0. The topological polar surface area (TPSA) is 82.1 Å². The average Bonchev–Trinajstić information content (AvgIpc) is 2.23. The van der Waals surface area contributed by atoms with Crippen LogP contribution < -0.4 is 0 Å². The van der Waals surface area contributed by atoms with Crippen molar-refractivity contribution in [3.05, 3.63) is 12.2 Å². The van der Waals surface area contributed by atoms with Crippen LogP contribution in [0, 0.1) is 0 Å². The predicted molar refractivity (Wildman–Crippen MR) is 67.3 cm³/mol. The van der Waals surface area contributed by atoms with E-state index in [1.165, 1.54) is 6.92 Å². The normalized spacial score (nSPS) is 10.6. The van der Waals surface area contributed by atoms with Crippen molar-refractivity contribution in [2.75, 3.05) is 41.5 Å². The quantitative estimate of drug-likeness (QED) is 0.391. The summed E-state index contributed by atoms with van der Waals surface area (Å²) in [5.74, 6) is -0.594. The van der Waals surface area contributed by atoms with Crippen LogP contribution in [0.1, 0.15) is 6.92 Å². The first-order valence-electron chi connectivity index (χ1n) is 5.01. The van der Waals surface area contributed by atoms with E-state index >= 15 is 0 Å². The molecule has 18 heavy (non-hydrogen) atoms. The first kappa shape index (κ1) is 19.4. The SMILES string of the molecule is C=C(C)C(=O)OCCOS(=O)(=O)OC.CN(C)C. The van der Waals surface area contributed by atoms with Gasteiger partial charge in [-0.25, -0.2) is 8.98 Å². The van der Waals surface area contributed by atoms with Crippen molar-refractivity contribution in [1.29, 1.82) is 0 Å². The van der Waals surface area contributed by atoms with Crippen LogP contribution in [0.25, 0.3) is 0 Å². The van der Waals surface area contributed by atoms with E-state index in [1.807, 2.05) is 26.0 Å². The Kier molecular flexibility index (Phi) is 10.8. The Bertz CT molecular complexity index is 347. The van der Waals surface area contributed by atoms with Gasteiger partial charge in [0.25, 0.3) is 0 Å². The van der Waals surface area contributed by atoms with Crippen LogP contribution >= 0.6 is 0 Å². The van der Waals surface area contributed by atoms with E-state index in [1.54, 1.807) is 0 Å². The molecule has 0 rings (SSSR count). The maximum Gasteiger partial charge on any atom is 0.399 e. The highest BCUT2D eigenvalue weighted by Gasteiger charge is 2.09. The van der Waals surface area contributed by atoms with E-state index in [4.69, 9.17) is 0 Å². The van der Waals surface area contributed by atoms with Gasteiger partial charge in [0, 0.05) is 5.57 Å². The number of ether oxygens (including phenoxy) is 1. The highest BCUT2D eigenvalue weighted by atomic mass is 32.3. The molecule has 0 aromatic rings. The van der Waals surface area contributed by atoms with Crippen molar-refractivity contribution >= 4 is 16.4 Å². The first-order chi connectivity index (χ1) is 8.12. The smallest absolute Gasteiger partial charge is 0.399 e. The van der Waals surface area contributed by atoms with Gasteiger partial charge in [-0.2, -0.15) is 8.42 Å². The van der Waals surface area contributed by atoms with Crippen molar-refractivity contribution in [3.8, 4) is 0 Å². The monoisotopic (exact) mass is 283 g/mol. The lowest BCUT2D eigenvalue weighted by molar-refractivity contribution is -0.139. The summed E-state index contributed by atoms with van der Waals surface area (Å²) < 4.78 is 33.9.